The zero-order valence-electron chi connectivity index (χ0n) is 23.5. The predicted octanol–water partition coefficient (Wildman–Crippen LogP) is 4.37. The van der Waals surface area contributed by atoms with Gasteiger partial charge in [0.05, 0.1) is 18.8 Å². The van der Waals surface area contributed by atoms with Crippen molar-refractivity contribution < 1.29 is 49.9 Å². The van der Waals surface area contributed by atoms with Crippen molar-refractivity contribution in [3.63, 3.8) is 0 Å². The number of aromatic nitrogens is 2. The lowest BCUT2D eigenvalue weighted by Gasteiger charge is -2.31. The molecule has 16 heteroatoms. The molecule has 1 aromatic carbocycles. The highest BCUT2D eigenvalue weighted by molar-refractivity contribution is 5.94. The molecule has 1 fully saturated rings. The maximum atomic E-state index is 14.4. The molecule has 1 unspecified atom stereocenters. The number of carbonyl (C=O) groups is 3. The van der Waals surface area contributed by atoms with Gasteiger partial charge in [-0.2, -0.15) is 13.2 Å². The number of amides is 3. The van der Waals surface area contributed by atoms with E-state index in [4.69, 9.17) is 4.74 Å². The van der Waals surface area contributed by atoms with Gasteiger partial charge < -0.3 is 24.4 Å². The van der Waals surface area contributed by atoms with E-state index >= 15 is 0 Å². The fourth-order valence-electron chi connectivity index (χ4n) is 4.99. The van der Waals surface area contributed by atoms with Gasteiger partial charge >= 0.3 is 12.3 Å². The van der Waals surface area contributed by atoms with Gasteiger partial charge in [0.25, 0.3) is 5.91 Å². The number of hydrogen-bond donors (Lipinski definition) is 1. The van der Waals surface area contributed by atoms with E-state index < -0.39 is 90.3 Å². The lowest BCUT2D eigenvalue weighted by Crippen LogP contribution is -2.46. The Labute approximate surface area is 242 Å². The van der Waals surface area contributed by atoms with Crippen LogP contribution in [-0.4, -0.2) is 74.7 Å². The Balaban J connectivity index is 1.58. The molecule has 0 bridgehead atoms. The molecule has 43 heavy (non-hydrogen) atoms. The summed E-state index contributed by atoms with van der Waals surface area (Å²) in [5.74, 6) is -6.83. The molecule has 3 amide bonds. The normalized spacial score (nSPS) is 18.0. The third kappa shape index (κ3) is 7.57. The fraction of sp³-hybridized carbons (Fsp3) is 0.556. The topological polar surface area (TPSA) is 96.8 Å². The summed E-state index contributed by atoms with van der Waals surface area (Å²) >= 11 is 0. The van der Waals surface area contributed by atoms with Gasteiger partial charge in [0.2, 0.25) is 11.7 Å². The standard InChI is InChI=1S/C27H30F7N5O4/c1-26(2,3)43-25(42)35-16(8-14-9-18(30)19(31)11-17(14)29)10-21(40)37-6-7-39-20(13-37)22(36-24(39)27(32,33)34)23(41)38-5-4-15(28)12-38/h9,11,15-16H,4-8,10,12-13H2,1-3H3,(H,35,42)/t15-,16?/m0/s1. The summed E-state index contributed by atoms with van der Waals surface area (Å²) in [5, 5.41) is 2.41. The minimum absolute atomic E-state index is 0.00511. The highest BCUT2D eigenvalue weighted by Crippen LogP contribution is 2.33. The summed E-state index contributed by atoms with van der Waals surface area (Å²) in [5.41, 5.74) is -2.04. The van der Waals surface area contributed by atoms with Gasteiger partial charge in [-0.05, 0) is 45.2 Å². The molecule has 1 saturated heterocycles. The van der Waals surface area contributed by atoms with E-state index in [2.05, 4.69) is 10.3 Å². The van der Waals surface area contributed by atoms with Crippen molar-refractivity contribution in [3.05, 3.63) is 52.4 Å². The Bertz CT molecular complexity index is 1410. The Hall–Kier alpha value is -3.85. The first-order chi connectivity index (χ1) is 19.9. The first-order valence-electron chi connectivity index (χ1n) is 13.4. The van der Waals surface area contributed by atoms with Gasteiger partial charge in [-0.3, -0.25) is 9.59 Å². The quantitative estimate of drug-likeness (QED) is 0.382. The Morgan fingerprint density at radius 2 is 1.70 bits per heavy atom. The van der Waals surface area contributed by atoms with Crippen molar-refractivity contribution in [3.8, 4) is 0 Å². The summed E-state index contributed by atoms with van der Waals surface area (Å²) in [7, 11) is 0. The van der Waals surface area contributed by atoms with E-state index in [1.165, 1.54) is 0 Å². The van der Waals surface area contributed by atoms with Crippen LogP contribution in [0.3, 0.4) is 0 Å². The van der Waals surface area contributed by atoms with Crippen LogP contribution < -0.4 is 5.32 Å². The van der Waals surface area contributed by atoms with Crippen molar-refractivity contribution in [2.24, 2.45) is 0 Å². The molecule has 2 aromatic rings. The maximum absolute atomic E-state index is 14.4. The summed E-state index contributed by atoms with van der Waals surface area (Å²) < 4.78 is 103. The molecule has 1 aromatic heterocycles. The molecule has 2 aliphatic rings. The second-order valence-corrected chi connectivity index (χ2v) is 11.4. The number of halogens is 7. The van der Waals surface area contributed by atoms with Gasteiger partial charge in [-0.15, -0.1) is 0 Å². The number of alkyl carbamates (subject to hydrolysis) is 1. The number of likely N-dealkylation sites (tertiary alicyclic amines) is 1. The predicted molar refractivity (Wildman–Crippen MR) is 136 cm³/mol. The number of ether oxygens (including phenoxy) is 1. The summed E-state index contributed by atoms with van der Waals surface area (Å²) in [6.07, 6.45) is -8.17. The first kappa shape index (κ1) is 32.1. The Kier molecular flexibility index (Phi) is 8.97. The summed E-state index contributed by atoms with van der Waals surface area (Å²) in [6, 6.07) is -0.285. The molecule has 4 rings (SSSR count). The number of hydrogen-bond acceptors (Lipinski definition) is 5. The van der Waals surface area contributed by atoms with Crippen LogP contribution in [0.1, 0.15) is 61.2 Å². The molecule has 0 saturated carbocycles. The molecule has 1 N–H and O–H groups in total. The van der Waals surface area contributed by atoms with Crippen LogP contribution in [0.4, 0.5) is 35.5 Å². The van der Waals surface area contributed by atoms with Gasteiger partial charge in [-0.25, -0.2) is 27.3 Å². The second-order valence-electron chi connectivity index (χ2n) is 11.4. The monoisotopic (exact) mass is 621 g/mol. The zero-order chi connectivity index (χ0) is 31.9. The highest BCUT2D eigenvalue weighted by atomic mass is 19.4. The van der Waals surface area contributed by atoms with Crippen LogP contribution in [0.25, 0.3) is 0 Å². The molecular weight excluding hydrogens is 591 g/mol. The van der Waals surface area contributed by atoms with Gasteiger partial charge in [0.1, 0.15) is 17.6 Å². The second kappa shape index (κ2) is 12.0. The molecule has 2 aliphatic heterocycles. The average molecular weight is 622 g/mol. The molecule has 0 radical (unpaired) electrons. The number of nitrogens with one attached hydrogen (secondary N) is 1. The van der Waals surface area contributed by atoms with E-state index in [-0.39, 0.29) is 43.9 Å². The number of alkyl halides is 4. The lowest BCUT2D eigenvalue weighted by atomic mass is 10.0. The summed E-state index contributed by atoms with van der Waals surface area (Å²) in [4.78, 5) is 44.6. The van der Waals surface area contributed by atoms with Crippen molar-refractivity contribution in [1.82, 2.24) is 24.7 Å². The molecule has 0 aliphatic carbocycles. The molecule has 9 nitrogen and oxygen atoms in total. The van der Waals surface area contributed by atoms with Gasteiger partial charge in [-0.1, -0.05) is 0 Å². The average Bonchev–Trinajstić information content (AvgIpc) is 3.49. The van der Waals surface area contributed by atoms with E-state index in [0.29, 0.717) is 12.1 Å². The smallest absolute Gasteiger partial charge is 0.444 e. The fourth-order valence-corrected chi connectivity index (χ4v) is 4.99. The van der Waals surface area contributed by atoms with Crippen molar-refractivity contribution >= 4 is 17.9 Å². The van der Waals surface area contributed by atoms with Crippen LogP contribution >= 0.6 is 0 Å². The minimum atomic E-state index is -4.91. The minimum Gasteiger partial charge on any atom is -0.444 e. The summed E-state index contributed by atoms with van der Waals surface area (Å²) in [6.45, 7) is 3.35. The molecule has 2 atom stereocenters. The highest BCUT2D eigenvalue weighted by Gasteiger charge is 2.43. The van der Waals surface area contributed by atoms with Crippen LogP contribution in [0.15, 0.2) is 12.1 Å². The number of fused-ring (bicyclic) bond motifs is 1. The number of carbonyl (C=O) groups excluding carboxylic acids is 3. The van der Waals surface area contributed by atoms with Crippen LogP contribution in [-0.2, 0) is 35.2 Å². The number of nitrogens with zero attached hydrogens (tertiary/aromatic N) is 4. The van der Waals surface area contributed by atoms with Gasteiger partial charge in [0.15, 0.2) is 17.3 Å². The van der Waals surface area contributed by atoms with Crippen molar-refractivity contribution in [2.45, 2.75) is 77.1 Å². The largest absolute Gasteiger partial charge is 0.449 e. The molecule has 3 heterocycles. The number of rotatable bonds is 6. The third-order valence-corrected chi connectivity index (χ3v) is 6.93. The van der Waals surface area contributed by atoms with Crippen molar-refractivity contribution in [2.75, 3.05) is 19.6 Å². The molecule has 236 valence electrons. The van der Waals surface area contributed by atoms with Crippen LogP contribution in [0.2, 0.25) is 0 Å². The SMILES string of the molecule is CC(C)(C)OC(=O)NC(CC(=O)N1CCn2c(C(F)(F)F)nc(C(=O)N3CC[C@H](F)C3)c2C1)Cc1cc(F)c(F)cc1F. The third-order valence-electron chi connectivity index (χ3n) is 6.93. The number of imidazole rings is 1. The van der Waals surface area contributed by atoms with Gasteiger partial charge in [0, 0.05) is 38.2 Å². The maximum Gasteiger partial charge on any atom is 0.449 e. The van der Waals surface area contributed by atoms with Crippen LogP contribution in [0, 0.1) is 17.5 Å². The van der Waals surface area contributed by atoms with E-state index in [9.17, 15) is 45.1 Å². The Morgan fingerprint density at radius 1 is 1.02 bits per heavy atom. The van der Waals surface area contributed by atoms with E-state index in [1.807, 2.05) is 0 Å². The van der Waals surface area contributed by atoms with E-state index in [0.717, 1.165) is 14.4 Å². The first-order valence-corrected chi connectivity index (χ1v) is 13.4. The zero-order valence-corrected chi connectivity index (χ0v) is 23.5. The molecular formula is C27H30F7N5O4. The van der Waals surface area contributed by atoms with E-state index in [1.54, 1.807) is 20.8 Å². The molecule has 0 spiro atoms. The van der Waals surface area contributed by atoms with Crippen molar-refractivity contribution in [1.29, 1.82) is 0 Å². The lowest BCUT2D eigenvalue weighted by molar-refractivity contribution is -0.148. The number of benzene rings is 1. The Morgan fingerprint density at radius 3 is 2.30 bits per heavy atom. The van der Waals surface area contributed by atoms with Crippen LogP contribution in [0.5, 0.6) is 0 Å².